The molecule has 1 heterocycles. The predicted octanol–water partition coefficient (Wildman–Crippen LogP) is 0.861. The topological polar surface area (TPSA) is 52.0 Å². The Labute approximate surface area is 54.0 Å². The van der Waals surface area contributed by atoms with Crippen LogP contribution in [-0.4, -0.2) is 4.98 Å². The molecule has 0 spiro atoms. The first-order valence-corrected chi connectivity index (χ1v) is 2.74. The molecule has 0 saturated heterocycles. The van der Waals surface area contributed by atoms with Gasteiger partial charge >= 0.3 is 0 Å². The third-order valence-corrected chi connectivity index (χ3v) is 0.994. The van der Waals surface area contributed by atoms with Gasteiger partial charge in [-0.3, -0.25) is 0 Å². The van der Waals surface area contributed by atoms with Gasteiger partial charge < -0.3 is 10.2 Å². The minimum atomic E-state index is 0.226. The SMILES string of the molecule is Nc1ncc(I)o1. The Morgan fingerprint density at radius 2 is 2.57 bits per heavy atom. The number of hydrogen-bond acceptors (Lipinski definition) is 3. The van der Waals surface area contributed by atoms with Crippen molar-refractivity contribution in [2.24, 2.45) is 0 Å². The Hall–Kier alpha value is -0.260. The lowest BCUT2D eigenvalue weighted by atomic mass is 11.0. The molecule has 2 N–H and O–H groups in total. The first kappa shape index (κ1) is 4.89. The van der Waals surface area contributed by atoms with E-state index in [4.69, 9.17) is 10.2 Å². The largest absolute Gasteiger partial charge is 0.418 e. The van der Waals surface area contributed by atoms with Gasteiger partial charge in [-0.05, 0) is 0 Å². The molecule has 38 valence electrons. The van der Waals surface area contributed by atoms with E-state index in [0.29, 0.717) is 0 Å². The van der Waals surface area contributed by atoms with Crippen molar-refractivity contribution in [2.45, 2.75) is 0 Å². The Bertz CT molecular complexity index is 145. The number of nitrogen functional groups attached to an aromatic ring is 1. The van der Waals surface area contributed by atoms with Crippen molar-refractivity contribution >= 4 is 28.6 Å². The number of nitrogens with two attached hydrogens (primary N) is 1. The van der Waals surface area contributed by atoms with Crippen LogP contribution >= 0.6 is 22.6 Å². The fraction of sp³-hybridized carbons (Fsp3) is 0. The van der Waals surface area contributed by atoms with Gasteiger partial charge in [0.05, 0.1) is 6.20 Å². The highest BCUT2D eigenvalue weighted by Gasteiger charge is 1.90. The first-order valence-electron chi connectivity index (χ1n) is 1.66. The standard InChI is InChI=1S/C3H3IN2O/c4-2-1-6-3(5)7-2/h1H,(H2,5,6). The molecule has 0 fully saturated rings. The van der Waals surface area contributed by atoms with E-state index in [1.807, 2.05) is 22.6 Å². The summed E-state index contributed by atoms with van der Waals surface area (Å²) in [5.74, 6) is 0. The molecule has 0 saturated carbocycles. The van der Waals surface area contributed by atoms with Crippen LogP contribution in [-0.2, 0) is 0 Å². The van der Waals surface area contributed by atoms with Crippen LogP contribution in [0, 0.1) is 3.77 Å². The predicted molar refractivity (Wildman–Crippen MR) is 33.6 cm³/mol. The minimum absolute atomic E-state index is 0.226. The van der Waals surface area contributed by atoms with E-state index in [1.165, 1.54) is 0 Å². The van der Waals surface area contributed by atoms with Crippen LogP contribution in [0.25, 0.3) is 0 Å². The Morgan fingerprint density at radius 1 is 1.86 bits per heavy atom. The lowest BCUT2D eigenvalue weighted by molar-refractivity contribution is 0.552. The van der Waals surface area contributed by atoms with E-state index in [-0.39, 0.29) is 6.01 Å². The van der Waals surface area contributed by atoms with E-state index < -0.39 is 0 Å². The molecular formula is C3H3IN2O. The molecule has 0 aromatic carbocycles. The van der Waals surface area contributed by atoms with E-state index in [0.717, 1.165) is 3.77 Å². The van der Waals surface area contributed by atoms with Gasteiger partial charge in [0.1, 0.15) is 0 Å². The third-order valence-electron chi connectivity index (χ3n) is 0.495. The summed E-state index contributed by atoms with van der Waals surface area (Å²) in [7, 11) is 0. The quantitative estimate of drug-likeness (QED) is 0.646. The smallest absolute Gasteiger partial charge is 0.292 e. The molecular weight excluding hydrogens is 207 g/mol. The van der Waals surface area contributed by atoms with Gasteiger partial charge in [0, 0.05) is 22.6 Å². The molecule has 0 radical (unpaired) electrons. The van der Waals surface area contributed by atoms with E-state index in [1.54, 1.807) is 6.20 Å². The van der Waals surface area contributed by atoms with Crippen molar-refractivity contribution in [1.82, 2.24) is 4.98 Å². The van der Waals surface area contributed by atoms with Gasteiger partial charge in [-0.25, -0.2) is 4.98 Å². The maximum absolute atomic E-state index is 5.10. The summed E-state index contributed by atoms with van der Waals surface area (Å²) in [5, 5.41) is 0. The van der Waals surface area contributed by atoms with Gasteiger partial charge in [-0.15, -0.1) is 0 Å². The van der Waals surface area contributed by atoms with Crippen molar-refractivity contribution in [3.8, 4) is 0 Å². The molecule has 3 nitrogen and oxygen atoms in total. The molecule has 0 amide bonds. The summed E-state index contributed by atoms with van der Waals surface area (Å²) in [6, 6.07) is 0.226. The van der Waals surface area contributed by atoms with Crippen LogP contribution < -0.4 is 5.73 Å². The third kappa shape index (κ3) is 1.05. The van der Waals surface area contributed by atoms with Crippen molar-refractivity contribution in [3.05, 3.63) is 9.96 Å². The first-order chi connectivity index (χ1) is 3.29. The second kappa shape index (κ2) is 1.69. The molecule has 0 unspecified atom stereocenters. The van der Waals surface area contributed by atoms with Gasteiger partial charge in [0.25, 0.3) is 6.01 Å². The monoisotopic (exact) mass is 210 g/mol. The van der Waals surface area contributed by atoms with E-state index >= 15 is 0 Å². The van der Waals surface area contributed by atoms with Crippen molar-refractivity contribution in [2.75, 3.05) is 5.73 Å². The summed E-state index contributed by atoms with van der Waals surface area (Å²) >= 11 is 1.99. The maximum atomic E-state index is 5.10. The Balaban J connectivity index is 3.04. The fourth-order valence-corrected chi connectivity index (χ4v) is 0.632. The second-order valence-electron chi connectivity index (χ2n) is 1.00. The summed E-state index contributed by atoms with van der Waals surface area (Å²) in [6.45, 7) is 0. The van der Waals surface area contributed by atoms with Crippen LogP contribution in [0.4, 0.5) is 6.01 Å². The van der Waals surface area contributed by atoms with Crippen molar-refractivity contribution in [3.63, 3.8) is 0 Å². The van der Waals surface area contributed by atoms with Gasteiger partial charge in [-0.2, -0.15) is 0 Å². The number of nitrogens with zero attached hydrogens (tertiary/aromatic N) is 1. The van der Waals surface area contributed by atoms with Crippen LogP contribution in [0.5, 0.6) is 0 Å². The molecule has 0 aliphatic rings. The Kier molecular flexibility index (Phi) is 1.18. The molecule has 1 aromatic heterocycles. The highest BCUT2D eigenvalue weighted by Crippen LogP contribution is 2.05. The fourth-order valence-electron chi connectivity index (χ4n) is 0.267. The molecule has 1 aromatic rings. The van der Waals surface area contributed by atoms with Crippen LogP contribution in [0.1, 0.15) is 0 Å². The highest BCUT2D eigenvalue weighted by atomic mass is 127. The van der Waals surface area contributed by atoms with E-state index in [9.17, 15) is 0 Å². The lowest BCUT2D eigenvalue weighted by Gasteiger charge is -1.72. The van der Waals surface area contributed by atoms with Gasteiger partial charge in [-0.1, -0.05) is 0 Å². The summed E-state index contributed by atoms with van der Waals surface area (Å²) < 4.78 is 5.45. The number of anilines is 1. The van der Waals surface area contributed by atoms with Crippen LogP contribution in [0.3, 0.4) is 0 Å². The second-order valence-corrected chi connectivity index (χ2v) is 2.07. The van der Waals surface area contributed by atoms with Crippen molar-refractivity contribution in [1.29, 1.82) is 0 Å². The number of oxazole rings is 1. The molecule has 0 aliphatic carbocycles. The highest BCUT2D eigenvalue weighted by molar-refractivity contribution is 14.1. The summed E-state index contributed by atoms with van der Waals surface area (Å²) in [4.78, 5) is 3.62. The van der Waals surface area contributed by atoms with Gasteiger partial charge in [0.15, 0.2) is 3.77 Å². The molecule has 0 bridgehead atoms. The molecule has 0 atom stereocenters. The van der Waals surface area contributed by atoms with Gasteiger partial charge in [0.2, 0.25) is 0 Å². The minimum Gasteiger partial charge on any atom is -0.418 e. The van der Waals surface area contributed by atoms with Crippen molar-refractivity contribution < 1.29 is 4.42 Å². The number of halogens is 1. The molecule has 1 rings (SSSR count). The summed E-state index contributed by atoms with van der Waals surface area (Å²) in [6.07, 6.45) is 1.57. The number of hydrogen-bond donors (Lipinski definition) is 1. The maximum Gasteiger partial charge on any atom is 0.292 e. The van der Waals surface area contributed by atoms with Crippen LogP contribution in [0.2, 0.25) is 0 Å². The lowest BCUT2D eigenvalue weighted by Crippen LogP contribution is -1.79. The zero-order chi connectivity index (χ0) is 5.28. The zero-order valence-electron chi connectivity index (χ0n) is 3.39. The zero-order valence-corrected chi connectivity index (χ0v) is 5.55. The van der Waals surface area contributed by atoms with Crippen LogP contribution in [0.15, 0.2) is 10.6 Å². The average Bonchev–Trinajstić information content (AvgIpc) is 1.87. The molecule has 7 heavy (non-hydrogen) atoms. The number of aromatic nitrogens is 1. The normalized spacial score (nSPS) is 9.29. The molecule has 4 heteroatoms. The van der Waals surface area contributed by atoms with E-state index in [2.05, 4.69) is 4.98 Å². The summed E-state index contributed by atoms with van der Waals surface area (Å²) in [5.41, 5.74) is 5.10. The number of rotatable bonds is 0. The molecule has 0 aliphatic heterocycles. The average molecular weight is 210 g/mol. The Morgan fingerprint density at radius 3 is 2.71 bits per heavy atom.